The van der Waals surface area contributed by atoms with Crippen LogP contribution in [-0.2, 0) is 21.2 Å². The summed E-state index contributed by atoms with van der Waals surface area (Å²) in [6, 6.07) is 19.7. The SMILES string of the molecule is CSc1ccc(C2C(S(=O)(=O)c3ccc(C)cc3)=C(O)C(=O)N2Cc2ccccc2Cl)cc1. The number of hydrogen-bond donors (Lipinski definition) is 1. The Bertz CT molecular complexity index is 1330. The Morgan fingerprint density at radius 3 is 2.24 bits per heavy atom. The van der Waals surface area contributed by atoms with E-state index in [1.54, 1.807) is 60.3 Å². The van der Waals surface area contributed by atoms with Gasteiger partial charge in [-0.15, -0.1) is 11.8 Å². The van der Waals surface area contributed by atoms with Crippen LogP contribution >= 0.6 is 23.4 Å². The monoisotopic (exact) mass is 499 g/mol. The lowest BCUT2D eigenvalue weighted by molar-refractivity contribution is -0.130. The largest absolute Gasteiger partial charge is 0.502 e. The first kappa shape index (κ1) is 23.4. The topological polar surface area (TPSA) is 74.7 Å². The van der Waals surface area contributed by atoms with Gasteiger partial charge >= 0.3 is 0 Å². The van der Waals surface area contributed by atoms with Crippen LogP contribution in [-0.4, -0.2) is 30.6 Å². The van der Waals surface area contributed by atoms with Crippen molar-refractivity contribution in [2.24, 2.45) is 0 Å². The molecule has 0 radical (unpaired) electrons. The van der Waals surface area contributed by atoms with Crippen molar-refractivity contribution in [1.82, 2.24) is 4.90 Å². The Morgan fingerprint density at radius 1 is 1.00 bits per heavy atom. The molecule has 0 saturated heterocycles. The predicted octanol–water partition coefficient (Wildman–Crippen LogP) is 5.70. The molecule has 0 aliphatic carbocycles. The highest BCUT2D eigenvalue weighted by molar-refractivity contribution is 7.98. The number of aliphatic hydroxyl groups excluding tert-OH is 1. The minimum absolute atomic E-state index is 0.0211. The van der Waals surface area contributed by atoms with Crippen molar-refractivity contribution in [2.75, 3.05) is 6.26 Å². The highest BCUT2D eigenvalue weighted by atomic mass is 35.5. The van der Waals surface area contributed by atoms with Gasteiger partial charge in [-0.3, -0.25) is 4.79 Å². The molecule has 1 heterocycles. The van der Waals surface area contributed by atoms with E-state index in [-0.39, 0.29) is 16.3 Å². The molecule has 3 aromatic rings. The van der Waals surface area contributed by atoms with Gasteiger partial charge in [-0.25, -0.2) is 8.42 Å². The Kier molecular flexibility index (Phi) is 6.56. The Balaban J connectivity index is 1.86. The van der Waals surface area contributed by atoms with Gasteiger partial charge in [0.25, 0.3) is 5.91 Å². The van der Waals surface area contributed by atoms with Gasteiger partial charge in [-0.05, 0) is 54.6 Å². The van der Waals surface area contributed by atoms with E-state index in [9.17, 15) is 18.3 Å². The number of carbonyl (C=O) groups excluding carboxylic acids is 1. The number of halogens is 1. The summed E-state index contributed by atoms with van der Waals surface area (Å²) in [6.07, 6.45) is 1.94. The summed E-state index contributed by atoms with van der Waals surface area (Å²) in [6.45, 7) is 1.90. The number of hydrogen-bond acceptors (Lipinski definition) is 5. The zero-order chi connectivity index (χ0) is 23.8. The molecule has 0 aromatic heterocycles. The summed E-state index contributed by atoms with van der Waals surface area (Å²) in [5, 5.41) is 11.3. The van der Waals surface area contributed by atoms with E-state index in [4.69, 9.17) is 11.6 Å². The second kappa shape index (κ2) is 9.25. The number of thioether (sulfide) groups is 1. The van der Waals surface area contributed by atoms with Crippen LogP contribution < -0.4 is 0 Å². The summed E-state index contributed by atoms with van der Waals surface area (Å²) < 4.78 is 27.3. The van der Waals surface area contributed by atoms with Crippen LogP contribution in [0.1, 0.15) is 22.7 Å². The van der Waals surface area contributed by atoms with Gasteiger partial charge in [0.15, 0.2) is 5.76 Å². The van der Waals surface area contributed by atoms with Gasteiger partial charge in [-0.2, -0.15) is 0 Å². The van der Waals surface area contributed by atoms with Crippen molar-refractivity contribution in [3.8, 4) is 0 Å². The van der Waals surface area contributed by atoms with Gasteiger partial charge in [0, 0.05) is 16.5 Å². The first-order valence-corrected chi connectivity index (χ1v) is 13.3. The quantitative estimate of drug-likeness (QED) is 0.440. The molecule has 0 saturated carbocycles. The van der Waals surface area contributed by atoms with E-state index in [1.165, 1.54) is 17.0 Å². The zero-order valence-corrected chi connectivity index (χ0v) is 20.4. The minimum Gasteiger partial charge on any atom is -0.502 e. The predicted molar refractivity (Wildman–Crippen MR) is 131 cm³/mol. The lowest BCUT2D eigenvalue weighted by Gasteiger charge is -2.27. The van der Waals surface area contributed by atoms with E-state index < -0.39 is 27.5 Å². The fraction of sp³-hybridized carbons (Fsp3) is 0.160. The number of nitrogens with zero attached hydrogens (tertiary/aromatic N) is 1. The molecule has 1 amide bonds. The van der Waals surface area contributed by atoms with Crippen molar-refractivity contribution in [3.05, 3.63) is 105 Å². The summed E-state index contributed by atoms with van der Waals surface area (Å²) in [5.74, 6) is -1.51. The van der Waals surface area contributed by atoms with Crippen LogP contribution in [0.2, 0.25) is 5.02 Å². The lowest BCUT2D eigenvalue weighted by Crippen LogP contribution is -2.30. The average Bonchev–Trinajstić information content (AvgIpc) is 3.06. The first-order valence-electron chi connectivity index (χ1n) is 10.2. The Hall–Kier alpha value is -2.74. The second-order valence-electron chi connectivity index (χ2n) is 7.73. The molecule has 1 unspecified atom stereocenters. The van der Waals surface area contributed by atoms with Gasteiger partial charge < -0.3 is 10.0 Å². The van der Waals surface area contributed by atoms with Crippen molar-refractivity contribution < 1.29 is 18.3 Å². The maximum absolute atomic E-state index is 13.6. The van der Waals surface area contributed by atoms with Gasteiger partial charge in [-0.1, -0.05) is 59.6 Å². The number of amides is 1. The Morgan fingerprint density at radius 2 is 1.64 bits per heavy atom. The Labute approximate surface area is 202 Å². The molecule has 8 heteroatoms. The smallest absolute Gasteiger partial charge is 0.290 e. The van der Waals surface area contributed by atoms with Crippen LogP contribution in [0.3, 0.4) is 0 Å². The number of aliphatic hydroxyl groups is 1. The third-order valence-electron chi connectivity index (χ3n) is 5.61. The number of sulfone groups is 1. The van der Waals surface area contributed by atoms with Crippen LogP contribution in [0.4, 0.5) is 0 Å². The maximum Gasteiger partial charge on any atom is 0.290 e. The minimum atomic E-state index is -4.16. The average molecular weight is 500 g/mol. The summed E-state index contributed by atoms with van der Waals surface area (Å²) >= 11 is 7.88. The number of rotatable bonds is 6. The fourth-order valence-corrected chi connectivity index (χ4v) is 6.09. The van der Waals surface area contributed by atoms with Gasteiger partial charge in [0.1, 0.15) is 4.91 Å². The third-order valence-corrected chi connectivity index (χ3v) is 8.61. The number of benzene rings is 3. The molecule has 5 nitrogen and oxygen atoms in total. The molecule has 4 rings (SSSR count). The van der Waals surface area contributed by atoms with E-state index in [0.717, 1.165) is 10.5 Å². The molecule has 3 aromatic carbocycles. The summed E-state index contributed by atoms with van der Waals surface area (Å²) in [4.78, 5) is 15.2. The van der Waals surface area contributed by atoms with Crippen LogP contribution in [0.15, 0.2) is 93.3 Å². The highest BCUT2D eigenvalue weighted by Crippen LogP contribution is 2.43. The first-order chi connectivity index (χ1) is 15.7. The van der Waals surface area contributed by atoms with Gasteiger partial charge in [0.2, 0.25) is 9.84 Å². The van der Waals surface area contributed by atoms with Crippen molar-refractivity contribution in [3.63, 3.8) is 0 Å². The lowest BCUT2D eigenvalue weighted by atomic mass is 10.1. The molecule has 0 spiro atoms. The molecule has 1 aliphatic rings. The van der Waals surface area contributed by atoms with Crippen molar-refractivity contribution >= 4 is 39.1 Å². The van der Waals surface area contributed by atoms with E-state index in [0.29, 0.717) is 16.1 Å². The van der Waals surface area contributed by atoms with E-state index in [1.807, 2.05) is 25.3 Å². The second-order valence-corrected chi connectivity index (χ2v) is 10.9. The molecule has 0 bridgehead atoms. The van der Waals surface area contributed by atoms with Gasteiger partial charge in [0.05, 0.1) is 10.9 Å². The summed E-state index contributed by atoms with van der Waals surface area (Å²) in [5.41, 5.74) is 2.14. The summed E-state index contributed by atoms with van der Waals surface area (Å²) in [7, 11) is -4.16. The molecule has 33 heavy (non-hydrogen) atoms. The molecule has 170 valence electrons. The normalized spacial score (nSPS) is 16.5. The maximum atomic E-state index is 13.6. The molecular formula is C25H22ClNO4S2. The van der Waals surface area contributed by atoms with Crippen LogP contribution in [0.5, 0.6) is 0 Å². The molecule has 1 N–H and O–H groups in total. The van der Waals surface area contributed by atoms with E-state index >= 15 is 0 Å². The number of aryl methyl sites for hydroxylation is 1. The van der Waals surface area contributed by atoms with Crippen molar-refractivity contribution in [2.45, 2.75) is 29.3 Å². The highest BCUT2D eigenvalue weighted by Gasteiger charge is 2.46. The van der Waals surface area contributed by atoms with Crippen molar-refractivity contribution in [1.29, 1.82) is 0 Å². The fourth-order valence-electron chi connectivity index (χ4n) is 3.84. The molecule has 1 aliphatic heterocycles. The van der Waals surface area contributed by atoms with Crippen LogP contribution in [0, 0.1) is 6.92 Å². The molecule has 1 atom stereocenters. The molecule has 0 fully saturated rings. The molecular weight excluding hydrogens is 478 g/mol. The third kappa shape index (κ3) is 4.40. The van der Waals surface area contributed by atoms with E-state index in [2.05, 4.69) is 0 Å². The standard InChI is InChI=1S/C25H22ClNO4S2/c1-16-7-13-20(14-8-16)33(30,31)24-22(17-9-11-19(32-2)12-10-17)27(25(29)23(24)28)15-18-5-3-4-6-21(18)26/h3-14,22,28H,15H2,1-2H3. The number of carbonyl (C=O) groups is 1. The zero-order valence-electron chi connectivity index (χ0n) is 18.0. The van der Waals surface area contributed by atoms with Crippen LogP contribution in [0.25, 0.3) is 0 Å².